The Morgan fingerprint density at radius 1 is 1.21 bits per heavy atom. The fourth-order valence-electron chi connectivity index (χ4n) is 3.67. The molecule has 134 valence electrons. The molecule has 1 amide bonds. The quantitative estimate of drug-likeness (QED) is 0.787. The first-order valence-electron chi connectivity index (χ1n) is 9.45. The standard InChI is InChI=1S/C19H30N2O2S/c22-19(21-10-4-2-1-3-5-11-21)16-20(14-17-8-6-12-23-17)15-18-9-7-13-24-18/h7,9,13,17H,1-6,8,10-12,14-16H2. The number of carbonyl (C=O) groups is 1. The van der Waals surface area contributed by atoms with E-state index in [0.717, 1.165) is 58.5 Å². The highest BCUT2D eigenvalue weighted by atomic mass is 32.1. The summed E-state index contributed by atoms with van der Waals surface area (Å²) in [4.78, 5) is 18.5. The number of thiophene rings is 1. The third kappa shape index (κ3) is 5.57. The maximum atomic E-state index is 12.8. The van der Waals surface area contributed by atoms with E-state index < -0.39 is 0 Å². The zero-order chi connectivity index (χ0) is 16.6. The lowest BCUT2D eigenvalue weighted by molar-refractivity contribution is -0.133. The molecule has 0 bridgehead atoms. The van der Waals surface area contributed by atoms with Gasteiger partial charge >= 0.3 is 0 Å². The number of hydrogen-bond donors (Lipinski definition) is 0. The number of amides is 1. The molecular weight excluding hydrogens is 320 g/mol. The number of carbonyl (C=O) groups excluding carboxylic acids is 1. The SMILES string of the molecule is O=C(CN(Cc1cccs1)CC1CCCO1)N1CCCCCCC1. The average Bonchev–Trinajstić information content (AvgIpc) is 3.20. The third-order valence-electron chi connectivity index (χ3n) is 5.01. The zero-order valence-corrected chi connectivity index (χ0v) is 15.4. The topological polar surface area (TPSA) is 32.8 Å². The molecule has 2 fully saturated rings. The van der Waals surface area contributed by atoms with Gasteiger partial charge < -0.3 is 9.64 Å². The summed E-state index contributed by atoms with van der Waals surface area (Å²) in [6.07, 6.45) is 8.73. The monoisotopic (exact) mass is 350 g/mol. The van der Waals surface area contributed by atoms with Crippen LogP contribution in [-0.4, -0.2) is 54.6 Å². The van der Waals surface area contributed by atoms with Crippen LogP contribution in [0.25, 0.3) is 0 Å². The highest BCUT2D eigenvalue weighted by Gasteiger charge is 2.23. The zero-order valence-electron chi connectivity index (χ0n) is 14.6. The van der Waals surface area contributed by atoms with Gasteiger partial charge in [-0.25, -0.2) is 0 Å². The lowest BCUT2D eigenvalue weighted by Gasteiger charge is -2.29. The van der Waals surface area contributed by atoms with Crippen LogP contribution in [0.1, 0.15) is 49.8 Å². The molecular formula is C19H30N2O2S. The van der Waals surface area contributed by atoms with Gasteiger partial charge in [-0.3, -0.25) is 9.69 Å². The molecule has 0 saturated carbocycles. The second-order valence-corrected chi connectivity index (χ2v) is 8.06. The van der Waals surface area contributed by atoms with E-state index in [9.17, 15) is 4.79 Å². The lowest BCUT2D eigenvalue weighted by atomic mass is 10.1. The Morgan fingerprint density at radius 2 is 2.00 bits per heavy atom. The Labute approximate surface area is 149 Å². The van der Waals surface area contributed by atoms with Gasteiger partial charge in [-0.1, -0.05) is 25.3 Å². The smallest absolute Gasteiger partial charge is 0.236 e. The summed E-state index contributed by atoms with van der Waals surface area (Å²) in [7, 11) is 0. The molecule has 2 aliphatic rings. The predicted molar refractivity (Wildman–Crippen MR) is 98.2 cm³/mol. The van der Waals surface area contributed by atoms with Crippen LogP contribution in [-0.2, 0) is 16.1 Å². The van der Waals surface area contributed by atoms with Gasteiger partial charge in [-0.15, -0.1) is 11.3 Å². The number of rotatable bonds is 6. The van der Waals surface area contributed by atoms with E-state index >= 15 is 0 Å². The van der Waals surface area contributed by atoms with Gasteiger partial charge in [0, 0.05) is 37.7 Å². The van der Waals surface area contributed by atoms with E-state index in [2.05, 4.69) is 27.3 Å². The Kier molecular flexibility index (Phi) is 7.12. The second kappa shape index (κ2) is 9.54. The molecule has 4 nitrogen and oxygen atoms in total. The van der Waals surface area contributed by atoms with E-state index in [0.29, 0.717) is 18.6 Å². The van der Waals surface area contributed by atoms with Crippen molar-refractivity contribution in [3.8, 4) is 0 Å². The first-order chi connectivity index (χ1) is 11.8. The predicted octanol–water partition coefficient (Wildman–Crippen LogP) is 3.52. The molecule has 0 aliphatic carbocycles. The van der Waals surface area contributed by atoms with Gasteiger partial charge in [-0.2, -0.15) is 0 Å². The van der Waals surface area contributed by atoms with Gasteiger partial charge in [0.2, 0.25) is 5.91 Å². The van der Waals surface area contributed by atoms with Crippen LogP contribution in [0.2, 0.25) is 0 Å². The molecule has 3 rings (SSSR count). The molecule has 5 heteroatoms. The maximum Gasteiger partial charge on any atom is 0.236 e. The van der Waals surface area contributed by atoms with Crippen molar-refractivity contribution in [2.75, 3.05) is 32.8 Å². The highest BCUT2D eigenvalue weighted by Crippen LogP contribution is 2.18. The van der Waals surface area contributed by atoms with Crippen molar-refractivity contribution in [2.24, 2.45) is 0 Å². The molecule has 0 N–H and O–H groups in total. The van der Waals surface area contributed by atoms with Crippen LogP contribution in [0.4, 0.5) is 0 Å². The Balaban J connectivity index is 1.57. The molecule has 1 aromatic rings. The van der Waals surface area contributed by atoms with Crippen molar-refractivity contribution in [1.29, 1.82) is 0 Å². The van der Waals surface area contributed by atoms with E-state index in [1.54, 1.807) is 11.3 Å². The fourth-order valence-corrected chi connectivity index (χ4v) is 4.42. The van der Waals surface area contributed by atoms with Crippen LogP contribution in [0.5, 0.6) is 0 Å². The summed E-state index contributed by atoms with van der Waals surface area (Å²) >= 11 is 1.77. The summed E-state index contributed by atoms with van der Waals surface area (Å²) in [6, 6.07) is 4.25. The minimum Gasteiger partial charge on any atom is -0.377 e. The van der Waals surface area contributed by atoms with Crippen molar-refractivity contribution in [3.63, 3.8) is 0 Å². The van der Waals surface area contributed by atoms with Gasteiger partial charge in [0.05, 0.1) is 12.6 Å². The van der Waals surface area contributed by atoms with Crippen molar-refractivity contribution in [1.82, 2.24) is 9.80 Å². The van der Waals surface area contributed by atoms with Crippen molar-refractivity contribution in [2.45, 2.75) is 57.6 Å². The summed E-state index contributed by atoms with van der Waals surface area (Å²) < 4.78 is 5.80. The second-order valence-electron chi connectivity index (χ2n) is 7.03. The van der Waals surface area contributed by atoms with Crippen LogP contribution in [0, 0.1) is 0 Å². The molecule has 0 spiro atoms. The normalized spacial score (nSPS) is 22.5. The number of likely N-dealkylation sites (tertiary alicyclic amines) is 1. The maximum absolute atomic E-state index is 12.8. The van der Waals surface area contributed by atoms with E-state index in [1.165, 1.54) is 24.1 Å². The highest BCUT2D eigenvalue weighted by molar-refractivity contribution is 7.09. The van der Waals surface area contributed by atoms with Crippen LogP contribution >= 0.6 is 11.3 Å². The average molecular weight is 351 g/mol. The van der Waals surface area contributed by atoms with E-state index in [4.69, 9.17) is 4.74 Å². The third-order valence-corrected chi connectivity index (χ3v) is 5.87. The Morgan fingerprint density at radius 3 is 2.67 bits per heavy atom. The fraction of sp³-hybridized carbons (Fsp3) is 0.737. The van der Waals surface area contributed by atoms with Gasteiger partial charge in [0.25, 0.3) is 0 Å². The molecule has 2 saturated heterocycles. The van der Waals surface area contributed by atoms with Crippen LogP contribution in [0.3, 0.4) is 0 Å². The van der Waals surface area contributed by atoms with Crippen molar-refractivity contribution >= 4 is 17.2 Å². The molecule has 1 unspecified atom stereocenters. The summed E-state index contributed by atoms with van der Waals surface area (Å²) in [5, 5.41) is 2.11. The first-order valence-corrected chi connectivity index (χ1v) is 10.3. The van der Waals surface area contributed by atoms with E-state index in [1.807, 2.05) is 0 Å². The number of hydrogen-bond acceptors (Lipinski definition) is 4. The molecule has 24 heavy (non-hydrogen) atoms. The van der Waals surface area contributed by atoms with Crippen LogP contribution < -0.4 is 0 Å². The molecule has 0 aromatic carbocycles. The van der Waals surface area contributed by atoms with Crippen molar-refractivity contribution < 1.29 is 9.53 Å². The minimum atomic E-state index is 0.296. The van der Waals surface area contributed by atoms with Crippen LogP contribution in [0.15, 0.2) is 17.5 Å². The first kappa shape index (κ1) is 17.9. The molecule has 3 heterocycles. The van der Waals surface area contributed by atoms with Gasteiger partial charge in [0.1, 0.15) is 0 Å². The van der Waals surface area contributed by atoms with E-state index in [-0.39, 0.29) is 0 Å². The Hall–Kier alpha value is -0.910. The molecule has 0 radical (unpaired) electrons. The lowest BCUT2D eigenvalue weighted by Crippen LogP contribution is -2.43. The summed E-state index contributed by atoms with van der Waals surface area (Å²) in [5.74, 6) is 0.298. The Bertz CT molecular complexity index is 478. The number of nitrogens with zero attached hydrogens (tertiary/aromatic N) is 2. The molecule has 2 aliphatic heterocycles. The minimum absolute atomic E-state index is 0.296. The van der Waals surface area contributed by atoms with Gasteiger partial charge in [-0.05, 0) is 37.1 Å². The molecule has 1 aromatic heterocycles. The summed E-state index contributed by atoms with van der Waals surface area (Å²) in [5.41, 5.74) is 0. The molecule has 1 atom stereocenters. The van der Waals surface area contributed by atoms with Crippen molar-refractivity contribution in [3.05, 3.63) is 22.4 Å². The number of ether oxygens (including phenoxy) is 1. The largest absolute Gasteiger partial charge is 0.377 e. The van der Waals surface area contributed by atoms with Gasteiger partial charge in [0.15, 0.2) is 0 Å². The summed E-state index contributed by atoms with van der Waals surface area (Å²) in [6.45, 7) is 5.00.